The van der Waals surface area contributed by atoms with E-state index < -0.39 is 5.97 Å². The Morgan fingerprint density at radius 3 is 2.93 bits per heavy atom. The molecule has 1 heterocycles. The van der Waals surface area contributed by atoms with Gasteiger partial charge >= 0.3 is 5.97 Å². The summed E-state index contributed by atoms with van der Waals surface area (Å²) in [6.45, 7) is 0.654. The summed E-state index contributed by atoms with van der Waals surface area (Å²) in [5.74, 6) is -0.779. The highest BCUT2D eigenvalue weighted by Gasteiger charge is 1.99. The SMILES string of the molecule is O=Cc1ccn(CCCCC(=O)O)n1. The van der Waals surface area contributed by atoms with Crippen LogP contribution in [-0.2, 0) is 11.3 Å². The molecule has 0 aliphatic rings. The van der Waals surface area contributed by atoms with Gasteiger partial charge in [0.1, 0.15) is 5.69 Å². The minimum atomic E-state index is -0.779. The summed E-state index contributed by atoms with van der Waals surface area (Å²) in [4.78, 5) is 20.5. The zero-order chi connectivity index (χ0) is 10.4. The summed E-state index contributed by atoms with van der Waals surface area (Å²) < 4.78 is 1.64. The number of aryl methyl sites for hydroxylation is 1. The number of rotatable bonds is 6. The molecule has 14 heavy (non-hydrogen) atoms. The number of carbonyl (C=O) groups is 2. The molecule has 0 aliphatic carbocycles. The van der Waals surface area contributed by atoms with Crippen molar-refractivity contribution in [2.45, 2.75) is 25.8 Å². The van der Waals surface area contributed by atoms with Gasteiger partial charge in [0.25, 0.3) is 0 Å². The number of hydrogen-bond acceptors (Lipinski definition) is 3. The van der Waals surface area contributed by atoms with Crippen LogP contribution >= 0.6 is 0 Å². The van der Waals surface area contributed by atoms with E-state index in [1.807, 2.05) is 0 Å². The second-order valence-corrected chi connectivity index (χ2v) is 2.97. The van der Waals surface area contributed by atoms with Crippen LogP contribution in [0.3, 0.4) is 0 Å². The first kappa shape index (κ1) is 10.4. The van der Waals surface area contributed by atoms with Gasteiger partial charge in [0.05, 0.1) is 0 Å². The van der Waals surface area contributed by atoms with Gasteiger partial charge in [-0.1, -0.05) is 0 Å². The quantitative estimate of drug-likeness (QED) is 0.543. The monoisotopic (exact) mass is 196 g/mol. The molecular weight excluding hydrogens is 184 g/mol. The molecule has 0 radical (unpaired) electrons. The van der Waals surface area contributed by atoms with Crippen molar-refractivity contribution in [3.63, 3.8) is 0 Å². The van der Waals surface area contributed by atoms with Crippen LogP contribution in [0.4, 0.5) is 0 Å². The maximum absolute atomic E-state index is 10.3. The van der Waals surface area contributed by atoms with Crippen molar-refractivity contribution >= 4 is 12.3 Å². The Morgan fingerprint density at radius 2 is 2.36 bits per heavy atom. The highest BCUT2D eigenvalue weighted by molar-refractivity contribution is 5.71. The average Bonchev–Trinajstić information content (AvgIpc) is 2.60. The Morgan fingerprint density at radius 1 is 1.57 bits per heavy atom. The van der Waals surface area contributed by atoms with Gasteiger partial charge in [-0.15, -0.1) is 0 Å². The molecule has 0 unspecified atom stereocenters. The number of hydrogen-bond donors (Lipinski definition) is 1. The van der Waals surface area contributed by atoms with Crippen LogP contribution < -0.4 is 0 Å². The second-order valence-electron chi connectivity index (χ2n) is 2.97. The third kappa shape index (κ3) is 3.38. The van der Waals surface area contributed by atoms with Crippen LogP contribution in [0.15, 0.2) is 12.3 Å². The third-order valence-electron chi connectivity index (χ3n) is 1.81. The lowest BCUT2D eigenvalue weighted by molar-refractivity contribution is -0.137. The molecule has 5 nitrogen and oxygen atoms in total. The minimum absolute atomic E-state index is 0.182. The summed E-state index contributed by atoms with van der Waals surface area (Å²) in [5, 5.41) is 12.3. The number of carboxylic acid groups (broad SMARTS) is 1. The fraction of sp³-hybridized carbons (Fsp3) is 0.444. The first-order valence-corrected chi connectivity index (χ1v) is 4.43. The first-order valence-electron chi connectivity index (χ1n) is 4.43. The van der Waals surface area contributed by atoms with Crippen molar-refractivity contribution in [2.75, 3.05) is 0 Å². The summed E-state index contributed by atoms with van der Waals surface area (Å²) in [6.07, 6.45) is 3.97. The third-order valence-corrected chi connectivity index (χ3v) is 1.81. The van der Waals surface area contributed by atoms with Crippen molar-refractivity contribution < 1.29 is 14.7 Å². The van der Waals surface area contributed by atoms with Crippen molar-refractivity contribution in [3.8, 4) is 0 Å². The smallest absolute Gasteiger partial charge is 0.303 e. The van der Waals surface area contributed by atoms with E-state index in [4.69, 9.17) is 5.11 Å². The highest BCUT2D eigenvalue weighted by Crippen LogP contribution is 1.99. The van der Waals surface area contributed by atoms with Crippen LogP contribution in [0.5, 0.6) is 0 Å². The normalized spacial score (nSPS) is 10.0. The summed E-state index contributed by atoms with van der Waals surface area (Å²) >= 11 is 0. The molecule has 1 N–H and O–H groups in total. The average molecular weight is 196 g/mol. The lowest BCUT2D eigenvalue weighted by Crippen LogP contribution is -2.01. The maximum Gasteiger partial charge on any atom is 0.303 e. The van der Waals surface area contributed by atoms with E-state index in [1.54, 1.807) is 16.9 Å². The fourth-order valence-electron chi connectivity index (χ4n) is 1.11. The molecule has 0 saturated carbocycles. The Labute approximate surface area is 81.3 Å². The molecule has 0 atom stereocenters. The predicted octanol–water partition coefficient (Wildman–Crippen LogP) is 0.950. The predicted molar refractivity (Wildman–Crippen MR) is 49.1 cm³/mol. The summed E-state index contributed by atoms with van der Waals surface area (Å²) in [6, 6.07) is 1.63. The number of carbonyl (C=O) groups excluding carboxylic acids is 1. The highest BCUT2D eigenvalue weighted by atomic mass is 16.4. The molecular formula is C9H12N2O3. The molecule has 0 aliphatic heterocycles. The van der Waals surface area contributed by atoms with E-state index in [0.29, 0.717) is 24.9 Å². The van der Waals surface area contributed by atoms with Crippen LogP contribution in [0, 0.1) is 0 Å². The Bertz CT molecular complexity index is 320. The number of aliphatic carboxylic acids is 1. The first-order chi connectivity index (χ1) is 6.72. The standard InChI is InChI=1S/C9H12N2O3/c12-7-8-4-6-11(10-8)5-2-1-3-9(13)14/h4,6-7H,1-3,5H2,(H,13,14). The van der Waals surface area contributed by atoms with Crippen LogP contribution in [-0.4, -0.2) is 27.1 Å². The van der Waals surface area contributed by atoms with Gasteiger partial charge in [-0.2, -0.15) is 5.10 Å². The molecule has 76 valence electrons. The van der Waals surface area contributed by atoms with Crippen molar-refractivity contribution in [1.82, 2.24) is 9.78 Å². The van der Waals surface area contributed by atoms with Gasteiger partial charge in [0.15, 0.2) is 6.29 Å². The van der Waals surface area contributed by atoms with E-state index >= 15 is 0 Å². The lowest BCUT2D eigenvalue weighted by Gasteiger charge is -1.99. The van der Waals surface area contributed by atoms with Crippen molar-refractivity contribution in [3.05, 3.63) is 18.0 Å². The Balaban J connectivity index is 2.24. The maximum atomic E-state index is 10.3. The van der Waals surface area contributed by atoms with Gasteiger partial charge in [-0.25, -0.2) is 0 Å². The zero-order valence-electron chi connectivity index (χ0n) is 7.72. The number of nitrogens with zero attached hydrogens (tertiary/aromatic N) is 2. The Hall–Kier alpha value is -1.65. The van der Waals surface area contributed by atoms with E-state index in [2.05, 4.69) is 5.10 Å². The molecule has 5 heteroatoms. The summed E-state index contributed by atoms with van der Waals surface area (Å²) in [5.41, 5.74) is 0.406. The molecule has 0 fully saturated rings. The van der Waals surface area contributed by atoms with Crippen LogP contribution in [0.1, 0.15) is 29.8 Å². The van der Waals surface area contributed by atoms with E-state index in [1.165, 1.54) is 0 Å². The number of unbranched alkanes of at least 4 members (excludes halogenated alkanes) is 1. The molecule has 1 aromatic heterocycles. The molecule has 1 rings (SSSR count). The molecule has 0 aromatic carbocycles. The number of aldehydes is 1. The number of carboxylic acids is 1. The molecule has 0 bridgehead atoms. The lowest BCUT2D eigenvalue weighted by atomic mass is 10.2. The second kappa shape index (κ2) is 5.16. The van der Waals surface area contributed by atoms with E-state index in [-0.39, 0.29) is 6.42 Å². The van der Waals surface area contributed by atoms with Gasteiger partial charge < -0.3 is 5.11 Å². The van der Waals surface area contributed by atoms with Crippen LogP contribution in [0.2, 0.25) is 0 Å². The van der Waals surface area contributed by atoms with Crippen molar-refractivity contribution in [2.24, 2.45) is 0 Å². The zero-order valence-corrected chi connectivity index (χ0v) is 7.72. The molecule has 0 amide bonds. The van der Waals surface area contributed by atoms with Gasteiger partial charge in [0, 0.05) is 19.2 Å². The molecule has 0 saturated heterocycles. The topological polar surface area (TPSA) is 72.2 Å². The molecule has 1 aromatic rings. The van der Waals surface area contributed by atoms with Gasteiger partial charge in [-0.3, -0.25) is 14.3 Å². The van der Waals surface area contributed by atoms with Gasteiger partial charge in [0.2, 0.25) is 0 Å². The summed E-state index contributed by atoms with van der Waals surface area (Å²) in [7, 11) is 0. The Kier molecular flexibility index (Phi) is 3.84. The fourth-order valence-corrected chi connectivity index (χ4v) is 1.11. The van der Waals surface area contributed by atoms with E-state index in [9.17, 15) is 9.59 Å². The number of aromatic nitrogens is 2. The van der Waals surface area contributed by atoms with E-state index in [0.717, 1.165) is 6.42 Å². The largest absolute Gasteiger partial charge is 0.481 e. The van der Waals surface area contributed by atoms with Crippen LogP contribution in [0.25, 0.3) is 0 Å². The van der Waals surface area contributed by atoms with Crippen molar-refractivity contribution in [1.29, 1.82) is 0 Å². The van der Waals surface area contributed by atoms with Gasteiger partial charge in [-0.05, 0) is 18.9 Å². The molecule has 0 spiro atoms. The minimum Gasteiger partial charge on any atom is -0.481 e.